The average molecular weight is 487 g/mol. The number of ether oxygens (including phenoxy) is 1. The lowest BCUT2D eigenvalue weighted by Gasteiger charge is -2.39. The molecule has 0 atom stereocenters. The van der Waals surface area contributed by atoms with E-state index in [2.05, 4.69) is 40.0 Å². The Bertz CT molecular complexity index is 1310. The Kier molecular flexibility index (Phi) is 6.96. The van der Waals surface area contributed by atoms with Gasteiger partial charge in [-0.3, -0.25) is 4.90 Å². The molecule has 1 aliphatic rings. The second kappa shape index (κ2) is 9.74. The summed E-state index contributed by atoms with van der Waals surface area (Å²) >= 11 is 6.45. The molecule has 0 bridgehead atoms. The molecule has 0 unspecified atom stereocenters. The summed E-state index contributed by atoms with van der Waals surface area (Å²) in [6.07, 6.45) is 4.90. The molecular weight excluding hydrogens is 460 g/mol. The highest BCUT2D eigenvalue weighted by molar-refractivity contribution is 7.88. The van der Waals surface area contributed by atoms with Crippen molar-refractivity contribution in [2.45, 2.75) is 25.8 Å². The average Bonchev–Trinajstić information content (AvgIpc) is 3.16. The van der Waals surface area contributed by atoms with Crippen molar-refractivity contribution in [2.75, 3.05) is 32.5 Å². The molecule has 7 nitrogen and oxygen atoms in total. The number of hydrogen-bond acceptors (Lipinski definition) is 5. The van der Waals surface area contributed by atoms with Gasteiger partial charge in [0.1, 0.15) is 6.07 Å². The quantitative estimate of drug-likeness (QED) is 0.498. The van der Waals surface area contributed by atoms with Crippen molar-refractivity contribution >= 4 is 32.5 Å². The van der Waals surface area contributed by atoms with Crippen LogP contribution in [0.4, 0.5) is 0 Å². The lowest BCUT2D eigenvalue weighted by atomic mass is 10.1. The van der Waals surface area contributed by atoms with Gasteiger partial charge in [-0.2, -0.15) is 5.26 Å². The number of likely N-dealkylation sites (tertiary alicyclic amines) is 1. The molecule has 4 rings (SSSR count). The highest BCUT2D eigenvalue weighted by atomic mass is 35.5. The minimum Gasteiger partial charge on any atom is -0.491 e. The third kappa shape index (κ3) is 5.50. The van der Waals surface area contributed by atoms with Crippen molar-refractivity contribution in [3.63, 3.8) is 0 Å². The number of hydrogen-bond donors (Lipinski definition) is 1. The molecule has 1 N–H and O–H groups in total. The van der Waals surface area contributed by atoms with Gasteiger partial charge >= 0.3 is 0 Å². The smallest absolute Gasteiger partial charge is 0.209 e. The molecule has 0 amide bonds. The Morgan fingerprint density at radius 2 is 2.03 bits per heavy atom. The first-order valence-corrected chi connectivity index (χ1v) is 13.2. The van der Waals surface area contributed by atoms with E-state index in [-0.39, 0.29) is 6.04 Å². The molecule has 174 valence electrons. The number of nitriles is 1. The van der Waals surface area contributed by atoms with Gasteiger partial charge in [-0.05, 0) is 48.7 Å². The summed E-state index contributed by atoms with van der Waals surface area (Å²) in [5, 5.41) is 11.1. The maximum Gasteiger partial charge on any atom is 0.209 e. The number of aromatic nitrogens is 1. The van der Waals surface area contributed by atoms with Gasteiger partial charge in [-0.15, -0.1) is 0 Å². The van der Waals surface area contributed by atoms with Crippen LogP contribution in [0.1, 0.15) is 24.5 Å². The molecule has 1 saturated heterocycles. The van der Waals surface area contributed by atoms with Crippen LogP contribution >= 0.6 is 11.6 Å². The van der Waals surface area contributed by atoms with Crippen LogP contribution in [0, 0.1) is 11.3 Å². The van der Waals surface area contributed by atoms with Gasteiger partial charge in [0.05, 0.1) is 29.0 Å². The van der Waals surface area contributed by atoms with E-state index in [1.807, 2.05) is 23.8 Å². The number of halogens is 1. The molecule has 0 radical (unpaired) electrons. The van der Waals surface area contributed by atoms with Crippen molar-refractivity contribution in [3.05, 3.63) is 58.7 Å². The molecule has 1 aromatic heterocycles. The first-order valence-electron chi connectivity index (χ1n) is 10.9. The molecule has 33 heavy (non-hydrogen) atoms. The standard InChI is InChI=1S/C24H27ClN4O3S/c1-3-10-32-24-19(14-26)12-21(13-22(24)25)29-9-7-18-11-17(4-5-23(18)29)6-8-28-15-20(16-28)27-33(2,30)31/h4-5,7,9,11-13,20,27H,3,6,8,10,15-16H2,1-2H3. The topological polar surface area (TPSA) is 87.4 Å². The summed E-state index contributed by atoms with van der Waals surface area (Å²) in [5.74, 6) is 0.434. The van der Waals surface area contributed by atoms with Gasteiger partial charge in [0, 0.05) is 42.9 Å². The molecule has 2 heterocycles. The van der Waals surface area contributed by atoms with Crippen molar-refractivity contribution < 1.29 is 13.2 Å². The zero-order valence-electron chi connectivity index (χ0n) is 18.7. The van der Waals surface area contributed by atoms with E-state index in [0.29, 0.717) is 22.9 Å². The fourth-order valence-electron chi connectivity index (χ4n) is 4.14. The van der Waals surface area contributed by atoms with Crippen LogP contribution in [0.3, 0.4) is 0 Å². The van der Waals surface area contributed by atoms with Crippen molar-refractivity contribution in [1.29, 1.82) is 5.26 Å². The van der Waals surface area contributed by atoms with Crippen LogP contribution in [-0.4, -0.2) is 56.4 Å². The first kappa shape index (κ1) is 23.6. The van der Waals surface area contributed by atoms with E-state index in [9.17, 15) is 13.7 Å². The van der Waals surface area contributed by atoms with Gasteiger partial charge in [0.15, 0.2) is 5.75 Å². The molecule has 9 heteroatoms. The second-order valence-electron chi connectivity index (χ2n) is 8.44. The largest absolute Gasteiger partial charge is 0.491 e. The van der Waals surface area contributed by atoms with Gasteiger partial charge in [0.2, 0.25) is 10.0 Å². The molecule has 0 aliphatic carbocycles. The van der Waals surface area contributed by atoms with Gasteiger partial charge in [-0.25, -0.2) is 13.1 Å². The first-order chi connectivity index (χ1) is 15.8. The lowest BCUT2D eigenvalue weighted by Crippen LogP contribution is -2.59. The maximum absolute atomic E-state index is 11.3. The Morgan fingerprint density at radius 3 is 2.73 bits per heavy atom. The SMILES string of the molecule is CCCOc1c(Cl)cc(-n2ccc3cc(CCN4CC(NS(C)(=O)=O)C4)ccc32)cc1C#N. The third-order valence-corrected chi connectivity index (χ3v) is 6.73. The van der Waals surface area contributed by atoms with Crippen LogP contribution in [-0.2, 0) is 16.4 Å². The molecule has 1 fully saturated rings. The number of benzene rings is 2. The van der Waals surface area contributed by atoms with E-state index in [1.165, 1.54) is 11.8 Å². The summed E-state index contributed by atoms with van der Waals surface area (Å²) in [6, 6.07) is 14.2. The summed E-state index contributed by atoms with van der Waals surface area (Å²) in [6.45, 7) is 4.88. The van der Waals surface area contributed by atoms with Gasteiger partial charge in [0.25, 0.3) is 0 Å². The summed E-state index contributed by atoms with van der Waals surface area (Å²) in [5.41, 5.74) is 3.48. The number of rotatable bonds is 9. The summed E-state index contributed by atoms with van der Waals surface area (Å²) < 4.78 is 32.9. The summed E-state index contributed by atoms with van der Waals surface area (Å²) in [4.78, 5) is 2.24. The number of nitrogens with one attached hydrogen (secondary N) is 1. The minimum absolute atomic E-state index is 0.0143. The Morgan fingerprint density at radius 1 is 1.24 bits per heavy atom. The van der Waals surface area contributed by atoms with Crippen LogP contribution in [0.2, 0.25) is 5.02 Å². The monoisotopic (exact) mass is 486 g/mol. The molecule has 0 saturated carbocycles. The maximum atomic E-state index is 11.3. The van der Waals surface area contributed by atoms with E-state index in [1.54, 1.807) is 6.07 Å². The van der Waals surface area contributed by atoms with E-state index in [4.69, 9.17) is 16.3 Å². The van der Waals surface area contributed by atoms with Crippen LogP contribution in [0.5, 0.6) is 5.75 Å². The fourth-order valence-corrected chi connectivity index (χ4v) is 5.16. The molecule has 2 aromatic carbocycles. The Balaban J connectivity index is 1.47. The molecule has 0 spiro atoms. The third-order valence-electron chi connectivity index (χ3n) is 5.69. The zero-order chi connectivity index (χ0) is 23.6. The summed E-state index contributed by atoms with van der Waals surface area (Å²) in [7, 11) is -3.15. The number of fused-ring (bicyclic) bond motifs is 1. The second-order valence-corrected chi connectivity index (χ2v) is 10.6. The van der Waals surface area contributed by atoms with Crippen molar-refractivity contribution in [3.8, 4) is 17.5 Å². The zero-order valence-corrected chi connectivity index (χ0v) is 20.3. The highest BCUT2D eigenvalue weighted by Gasteiger charge is 2.28. The molecule has 1 aliphatic heterocycles. The lowest BCUT2D eigenvalue weighted by molar-refractivity contribution is 0.143. The van der Waals surface area contributed by atoms with Crippen LogP contribution < -0.4 is 9.46 Å². The van der Waals surface area contributed by atoms with Crippen molar-refractivity contribution in [2.24, 2.45) is 0 Å². The van der Waals surface area contributed by atoms with Crippen LogP contribution in [0.25, 0.3) is 16.6 Å². The Hall–Kier alpha value is -2.57. The van der Waals surface area contributed by atoms with E-state index >= 15 is 0 Å². The fraction of sp³-hybridized carbons (Fsp3) is 0.375. The van der Waals surface area contributed by atoms with E-state index < -0.39 is 10.0 Å². The predicted molar refractivity (Wildman–Crippen MR) is 131 cm³/mol. The normalized spacial score (nSPS) is 14.8. The highest BCUT2D eigenvalue weighted by Crippen LogP contribution is 2.33. The molecule has 3 aromatic rings. The van der Waals surface area contributed by atoms with Crippen molar-refractivity contribution in [1.82, 2.24) is 14.2 Å². The van der Waals surface area contributed by atoms with Gasteiger partial charge in [-0.1, -0.05) is 24.6 Å². The van der Waals surface area contributed by atoms with Crippen LogP contribution in [0.15, 0.2) is 42.6 Å². The van der Waals surface area contributed by atoms with Gasteiger partial charge < -0.3 is 9.30 Å². The minimum atomic E-state index is -3.15. The Labute approximate surface area is 199 Å². The number of sulfonamides is 1. The molecular formula is C24H27ClN4O3S. The number of nitrogens with zero attached hydrogens (tertiary/aromatic N) is 3. The predicted octanol–water partition coefficient (Wildman–Crippen LogP) is 3.72. The van der Waals surface area contributed by atoms with E-state index in [0.717, 1.165) is 49.1 Å².